The molecule has 0 N–H and O–H groups in total. The van der Waals surface area contributed by atoms with Gasteiger partial charge in [0.15, 0.2) is 0 Å². The highest BCUT2D eigenvalue weighted by atomic mass is 14.4. The topological polar surface area (TPSA) is 0 Å². The average Bonchev–Trinajstić information content (AvgIpc) is 2.17. The van der Waals surface area contributed by atoms with Crippen LogP contribution in [0.25, 0.3) is 0 Å². The Hall–Kier alpha value is 0. The fourth-order valence-electron chi connectivity index (χ4n) is 3.23. The van der Waals surface area contributed by atoms with Crippen LogP contribution in [0.3, 0.4) is 0 Å². The number of fused-ring (bicyclic) bond motifs is 1. The Morgan fingerprint density at radius 2 is 1.67 bits per heavy atom. The summed E-state index contributed by atoms with van der Waals surface area (Å²) in [7, 11) is 0. The summed E-state index contributed by atoms with van der Waals surface area (Å²) >= 11 is 0. The molecule has 0 aliphatic heterocycles. The quantitative estimate of drug-likeness (QED) is 0.554. The van der Waals surface area contributed by atoms with Crippen LogP contribution in [0.15, 0.2) is 0 Å². The van der Waals surface area contributed by atoms with Gasteiger partial charge in [0, 0.05) is 0 Å². The van der Waals surface area contributed by atoms with E-state index in [9.17, 15) is 0 Å². The van der Waals surface area contributed by atoms with Gasteiger partial charge in [-0.25, -0.2) is 0 Å². The van der Waals surface area contributed by atoms with Crippen molar-refractivity contribution >= 4 is 0 Å². The minimum Gasteiger partial charge on any atom is -0.0530 e. The Morgan fingerprint density at radius 3 is 2.42 bits per heavy atom. The van der Waals surface area contributed by atoms with E-state index in [0.717, 1.165) is 17.8 Å². The molecule has 1 radical (unpaired) electrons. The summed E-state index contributed by atoms with van der Waals surface area (Å²) in [6, 6.07) is 0. The predicted octanol–water partition coefficient (Wildman–Crippen LogP) is 3.82. The number of rotatable bonds is 1. The molecular formula is C12H21. The van der Waals surface area contributed by atoms with E-state index in [4.69, 9.17) is 0 Å². The third-order valence-electron chi connectivity index (χ3n) is 4.06. The maximum Gasteiger partial charge on any atom is -0.0383 e. The van der Waals surface area contributed by atoms with E-state index in [1.807, 2.05) is 0 Å². The first-order valence-electron chi connectivity index (χ1n) is 5.69. The lowest BCUT2D eigenvalue weighted by Gasteiger charge is -2.39. The Kier molecular flexibility index (Phi) is 2.73. The van der Waals surface area contributed by atoms with Crippen molar-refractivity contribution in [2.24, 2.45) is 17.8 Å². The van der Waals surface area contributed by atoms with E-state index < -0.39 is 0 Å². The lowest BCUT2D eigenvalue weighted by molar-refractivity contribution is 0.130. The standard InChI is InChI=1S/C12H21/c1-2-10-7-8-11-5-3-4-6-12(11)9-10/h10-12H,1-9H2. The van der Waals surface area contributed by atoms with Gasteiger partial charge in [0.25, 0.3) is 0 Å². The van der Waals surface area contributed by atoms with Crippen LogP contribution in [0.2, 0.25) is 0 Å². The van der Waals surface area contributed by atoms with Crippen molar-refractivity contribution in [3.8, 4) is 0 Å². The Morgan fingerprint density at radius 1 is 0.917 bits per heavy atom. The summed E-state index contributed by atoms with van der Waals surface area (Å²) in [5, 5.41) is 0. The Balaban J connectivity index is 1.90. The van der Waals surface area contributed by atoms with Gasteiger partial charge >= 0.3 is 0 Å². The second-order valence-corrected chi connectivity index (χ2v) is 4.77. The van der Waals surface area contributed by atoms with Gasteiger partial charge in [-0.15, -0.1) is 0 Å². The first kappa shape index (κ1) is 8.59. The van der Waals surface area contributed by atoms with Crippen LogP contribution in [-0.4, -0.2) is 0 Å². The molecule has 2 rings (SSSR count). The second-order valence-electron chi connectivity index (χ2n) is 4.77. The van der Waals surface area contributed by atoms with Gasteiger partial charge in [-0.3, -0.25) is 0 Å². The number of hydrogen-bond acceptors (Lipinski definition) is 0. The molecule has 3 atom stereocenters. The van der Waals surface area contributed by atoms with Crippen LogP contribution in [0.4, 0.5) is 0 Å². The molecule has 0 heterocycles. The predicted molar refractivity (Wildman–Crippen MR) is 52.8 cm³/mol. The van der Waals surface area contributed by atoms with E-state index in [0.29, 0.717) is 0 Å². The van der Waals surface area contributed by atoms with Crippen LogP contribution in [0, 0.1) is 24.7 Å². The Labute approximate surface area is 76.7 Å². The van der Waals surface area contributed by atoms with Crippen molar-refractivity contribution in [2.45, 2.75) is 51.4 Å². The lowest BCUT2D eigenvalue weighted by atomic mass is 9.67. The van der Waals surface area contributed by atoms with Crippen LogP contribution < -0.4 is 0 Å². The van der Waals surface area contributed by atoms with Crippen LogP contribution in [-0.2, 0) is 0 Å². The minimum atomic E-state index is 0.976. The monoisotopic (exact) mass is 165 g/mol. The van der Waals surface area contributed by atoms with Crippen LogP contribution >= 0.6 is 0 Å². The zero-order valence-corrected chi connectivity index (χ0v) is 8.10. The summed E-state index contributed by atoms with van der Waals surface area (Å²) < 4.78 is 0. The molecule has 0 saturated heterocycles. The summed E-state index contributed by atoms with van der Waals surface area (Å²) in [6.45, 7) is 4.05. The first-order valence-corrected chi connectivity index (χ1v) is 5.69. The summed E-state index contributed by atoms with van der Waals surface area (Å²) in [4.78, 5) is 0. The van der Waals surface area contributed by atoms with Crippen molar-refractivity contribution in [1.29, 1.82) is 0 Å². The van der Waals surface area contributed by atoms with Gasteiger partial charge in [0.1, 0.15) is 0 Å². The van der Waals surface area contributed by atoms with Gasteiger partial charge in [0.05, 0.1) is 0 Å². The average molecular weight is 165 g/mol. The lowest BCUT2D eigenvalue weighted by Crippen LogP contribution is -2.27. The molecule has 12 heavy (non-hydrogen) atoms. The summed E-state index contributed by atoms with van der Waals surface area (Å²) in [5.74, 6) is 3.19. The maximum atomic E-state index is 4.05. The SMILES string of the molecule is [CH2]CC1CCC2CCCCC2C1. The van der Waals surface area contributed by atoms with E-state index in [2.05, 4.69) is 6.92 Å². The van der Waals surface area contributed by atoms with E-state index in [1.165, 1.54) is 51.4 Å². The molecule has 0 spiro atoms. The first-order chi connectivity index (χ1) is 5.90. The van der Waals surface area contributed by atoms with Crippen molar-refractivity contribution in [2.75, 3.05) is 0 Å². The molecule has 2 aliphatic carbocycles. The fourth-order valence-corrected chi connectivity index (χ4v) is 3.23. The molecule has 0 aromatic rings. The number of hydrogen-bond donors (Lipinski definition) is 0. The fraction of sp³-hybridized carbons (Fsp3) is 0.917. The molecule has 69 valence electrons. The van der Waals surface area contributed by atoms with Gasteiger partial charge < -0.3 is 0 Å². The molecule has 2 aliphatic rings. The van der Waals surface area contributed by atoms with E-state index in [1.54, 1.807) is 0 Å². The zero-order chi connectivity index (χ0) is 8.39. The largest absolute Gasteiger partial charge is 0.0530 e. The van der Waals surface area contributed by atoms with Crippen molar-refractivity contribution in [1.82, 2.24) is 0 Å². The molecule has 0 aromatic carbocycles. The van der Waals surface area contributed by atoms with Gasteiger partial charge in [-0.05, 0) is 30.6 Å². The molecule has 0 aromatic heterocycles. The van der Waals surface area contributed by atoms with Crippen LogP contribution in [0.1, 0.15) is 51.4 Å². The summed E-state index contributed by atoms with van der Waals surface area (Å²) in [6.07, 6.45) is 11.8. The zero-order valence-electron chi connectivity index (χ0n) is 8.10. The van der Waals surface area contributed by atoms with Crippen molar-refractivity contribution < 1.29 is 0 Å². The third-order valence-corrected chi connectivity index (χ3v) is 4.06. The molecule has 2 fully saturated rings. The highest BCUT2D eigenvalue weighted by Crippen LogP contribution is 2.43. The van der Waals surface area contributed by atoms with E-state index >= 15 is 0 Å². The van der Waals surface area contributed by atoms with Crippen molar-refractivity contribution in [3.63, 3.8) is 0 Å². The van der Waals surface area contributed by atoms with Crippen molar-refractivity contribution in [3.05, 3.63) is 6.92 Å². The van der Waals surface area contributed by atoms with Gasteiger partial charge in [-0.1, -0.05) is 45.4 Å². The molecule has 0 heteroatoms. The smallest absolute Gasteiger partial charge is 0.0383 e. The third kappa shape index (κ3) is 1.67. The maximum absolute atomic E-state index is 4.05. The molecule has 0 bridgehead atoms. The molecule has 2 saturated carbocycles. The van der Waals surface area contributed by atoms with Gasteiger partial charge in [0.2, 0.25) is 0 Å². The second kappa shape index (κ2) is 3.81. The highest BCUT2D eigenvalue weighted by Gasteiger charge is 2.31. The van der Waals surface area contributed by atoms with Gasteiger partial charge in [-0.2, -0.15) is 0 Å². The summed E-state index contributed by atoms with van der Waals surface area (Å²) in [5.41, 5.74) is 0. The van der Waals surface area contributed by atoms with Crippen LogP contribution in [0.5, 0.6) is 0 Å². The molecule has 0 amide bonds. The molecule has 0 nitrogen and oxygen atoms in total. The Bertz CT molecular complexity index is 139. The minimum absolute atomic E-state index is 0.976. The molecule has 3 unspecified atom stereocenters. The normalized spacial score (nSPS) is 42.2. The van der Waals surface area contributed by atoms with E-state index in [-0.39, 0.29) is 0 Å². The molecular weight excluding hydrogens is 144 g/mol. The highest BCUT2D eigenvalue weighted by molar-refractivity contribution is 4.83.